The molecule has 0 bridgehead atoms. The van der Waals surface area contributed by atoms with E-state index in [1.54, 1.807) is 12.1 Å². The molecule has 13 heavy (non-hydrogen) atoms. The third kappa shape index (κ3) is 1.96. The Labute approximate surface area is 75.7 Å². The quantitative estimate of drug-likeness (QED) is 0.570. The Morgan fingerprint density at radius 3 is 2.38 bits per heavy atom. The van der Waals surface area contributed by atoms with Crippen molar-refractivity contribution in [3.8, 4) is 0 Å². The summed E-state index contributed by atoms with van der Waals surface area (Å²) in [6.45, 7) is 0. The molecule has 1 aromatic rings. The summed E-state index contributed by atoms with van der Waals surface area (Å²) in [5.74, 6) is 0. The van der Waals surface area contributed by atoms with Gasteiger partial charge in [0, 0.05) is 23.9 Å². The van der Waals surface area contributed by atoms with Crippen LogP contribution in [0.15, 0.2) is 24.3 Å². The highest BCUT2D eigenvalue weighted by atomic mass is 16.6. The van der Waals surface area contributed by atoms with Gasteiger partial charge in [-0.05, 0) is 25.0 Å². The van der Waals surface area contributed by atoms with Gasteiger partial charge in [-0.2, -0.15) is 0 Å². The van der Waals surface area contributed by atoms with Crippen LogP contribution in [0.2, 0.25) is 0 Å². The second-order valence-corrected chi connectivity index (χ2v) is 3.22. The minimum atomic E-state index is -0.388. The number of rotatable bonds is 3. The van der Waals surface area contributed by atoms with Crippen molar-refractivity contribution in [2.24, 2.45) is 0 Å². The molecule has 1 aliphatic rings. The zero-order valence-corrected chi connectivity index (χ0v) is 7.06. The maximum Gasteiger partial charge on any atom is 0.269 e. The van der Waals surface area contributed by atoms with Crippen LogP contribution < -0.4 is 5.32 Å². The molecule has 0 aliphatic heterocycles. The Bertz CT molecular complexity index is 317. The Kier molecular flexibility index (Phi) is 1.88. The summed E-state index contributed by atoms with van der Waals surface area (Å²) in [6, 6.07) is 7.11. The Morgan fingerprint density at radius 2 is 1.92 bits per heavy atom. The fourth-order valence-corrected chi connectivity index (χ4v) is 1.14. The van der Waals surface area contributed by atoms with Crippen molar-refractivity contribution in [3.05, 3.63) is 34.4 Å². The highest BCUT2D eigenvalue weighted by Gasteiger charge is 2.20. The van der Waals surface area contributed by atoms with E-state index in [0.717, 1.165) is 5.69 Å². The highest BCUT2D eigenvalue weighted by molar-refractivity contribution is 5.49. The summed E-state index contributed by atoms with van der Waals surface area (Å²) in [5.41, 5.74) is 1.11. The lowest BCUT2D eigenvalue weighted by atomic mass is 10.3. The number of non-ortho nitro benzene ring substituents is 1. The molecule has 0 radical (unpaired) electrons. The van der Waals surface area contributed by atoms with Gasteiger partial charge >= 0.3 is 0 Å². The van der Waals surface area contributed by atoms with Crippen molar-refractivity contribution in [1.82, 2.24) is 0 Å². The molecule has 1 saturated carbocycles. The van der Waals surface area contributed by atoms with Gasteiger partial charge in [-0.3, -0.25) is 10.1 Å². The van der Waals surface area contributed by atoms with Crippen LogP contribution in [0.1, 0.15) is 12.8 Å². The standard InChI is InChI=1S/C9H10N2O2/c12-11(13)9-5-3-8(4-6-9)10-7-1-2-7/h3-7,10H,1-2H2. The number of hydrogen-bond donors (Lipinski definition) is 1. The molecule has 1 N–H and O–H groups in total. The first kappa shape index (κ1) is 8.04. The van der Waals surface area contributed by atoms with E-state index in [-0.39, 0.29) is 10.6 Å². The van der Waals surface area contributed by atoms with Crippen molar-refractivity contribution in [2.45, 2.75) is 18.9 Å². The maximum absolute atomic E-state index is 10.3. The van der Waals surface area contributed by atoms with Crippen LogP contribution >= 0.6 is 0 Å². The van der Waals surface area contributed by atoms with Crippen molar-refractivity contribution in [1.29, 1.82) is 0 Å². The van der Waals surface area contributed by atoms with Crippen molar-refractivity contribution in [2.75, 3.05) is 5.32 Å². The monoisotopic (exact) mass is 178 g/mol. The molecule has 1 aliphatic carbocycles. The van der Waals surface area contributed by atoms with Crippen LogP contribution in [-0.4, -0.2) is 11.0 Å². The summed E-state index contributed by atoms with van der Waals surface area (Å²) in [5, 5.41) is 13.6. The van der Waals surface area contributed by atoms with Gasteiger partial charge in [0.15, 0.2) is 0 Å². The molecule has 1 fully saturated rings. The largest absolute Gasteiger partial charge is 0.382 e. The fraction of sp³-hybridized carbons (Fsp3) is 0.333. The first-order chi connectivity index (χ1) is 6.25. The predicted molar refractivity (Wildman–Crippen MR) is 49.7 cm³/mol. The van der Waals surface area contributed by atoms with E-state index in [4.69, 9.17) is 0 Å². The SMILES string of the molecule is O=[N+]([O-])c1ccc(NC2CC2)cc1. The number of nitro benzene ring substituents is 1. The molecule has 0 atom stereocenters. The molecule has 68 valence electrons. The van der Waals surface area contributed by atoms with Gasteiger partial charge in [-0.15, -0.1) is 0 Å². The van der Waals surface area contributed by atoms with E-state index in [9.17, 15) is 10.1 Å². The summed E-state index contributed by atoms with van der Waals surface area (Å²) < 4.78 is 0. The molecule has 4 nitrogen and oxygen atoms in total. The Hall–Kier alpha value is -1.58. The van der Waals surface area contributed by atoms with Crippen molar-refractivity contribution in [3.63, 3.8) is 0 Å². The van der Waals surface area contributed by atoms with Crippen LogP contribution in [0.3, 0.4) is 0 Å². The topological polar surface area (TPSA) is 55.2 Å². The van der Waals surface area contributed by atoms with E-state index in [2.05, 4.69) is 5.32 Å². The van der Waals surface area contributed by atoms with E-state index < -0.39 is 0 Å². The molecule has 0 aromatic heterocycles. The normalized spacial score (nSPS) is 15.4. The Morgan fingerprint density at radius 1 is 1.31 bits per heavy atom. The number of benzene rings is 1. The van der Waals surface area contributed by atoms with Gasteiger partial charge in [-0.1, -0.05) is 0 Å². The van der Waals surface area contributed by atoms with Gasteiger partial charge < -0.3 is 5.32 Å². The third-order valence-electron chi connectivity index (χ3n) is 2.03. The Balaban J connectivity index is 2.08. The van der Waals surface area contributed by atoms with Crippen molar-refractivity contribution < 1.29 is 4.92 Å². The summed E-state index contributed by atoms with van der Waals surface area (Å²) in [4.78, 5) is 9.94. The lowest BCUT2D eigenvalue weighted by Gasteiger charge is -2.02. The number of nitro groups is 1. The smallest absolute Gasteiger partial charge is 0.269 e. The molecule has 0 saturated heterocycles. The number of hydrogen-bond acceptors (Lipinski definition) is 3. The van der Waals surface area contributed by atoms with E-state index >= 15 is 0 Å². The number of nitrogens with one attached hydrogen (secondary N) is 1. The van der Waals surface area contributed by atoms with Crippen LogP contribution in [-0.2, 0) is 0 Å². The van der Waals surface area contributed by atoms with Crippen molar-refractivity contribution >= 4 is 11.4 Å². The zero-order chi connectivity index (χ0) is 9.26. The minimum Gasteiger partial charge on any atom is -0.382 e. The van der Waals surface area contributed by atoms with Crippen LogP contribution in [0.25, 0.3) is 0 Å². The highest BCUT2D eigenvalue weighted by Crippen LogP contribution is 2.25. The van der Waals surface area contributed by atoms with E-state index in [1.165, 1.54) is 25.0 Å². The molecule has 0 heterocycles. The molecule has 0 amide bonds. The maximum atomic E-state index is 10.3. The molecule has 2 rings (SSSR count). The zero-order valence-electron chi connectivity index (χ0n) is 7.06. The summed E-state index contributed by atoms with van der Waals surface area (Å²) in [6.07, 6.45) is 2.41. The molecule has 0 spiro atoms. The summed E-state index contributed by atoms with van der Waals surface area (Å²) in [7, 11) is 0. The van der Waals surface area contributed by atoms with Crippen LogP contribution in [0.4, 0.5) is 11.4 Å². The van der Waals surface area contributed by atoms with Gasteiger partial charge in [-0.25, -0.2) is 0 Å². The molecule has 4 heteroatoms. The lowest BCUT2D eigenvalue weighted by molar-refractivity contribution is -0.384. The molecular formula is C9H10N2O2. The van der Waals surface area contributed by atoms with E-state index in [1.807, 2.05) is 0 Å². The van der Waals surface area contributed by atoms with Crippen LogP contribution in [0.5, 0.6) is 0 Å². The predicted octanol–water partition coefficient (Wildman–Crippen LogP) is 2.17. The third-order valence-corrected chi connectivity index (χ3v) is 2.03. The van der Waals surface area contributed by atoms with Gasteiger partial charge in [0.25, 0.3) is 5.69 Å². The number of nitrogens with zero attached hydrogens (tertiary/aromatic N) is 1. The van der Waals surface area contributed by atoms with Gasteiger partial charge in [0.2, 0.25) is 0 Å². The summed E-state index contributed by atoms with van der Waals surface area (Å²) >= 11 is 0. The van der Waals surface area contributed by atoms with E-state index in [0.29, 0.717) is 6.04 Å². The van der Waals surface area contributed by atoms with Crippen LogP contribution in [0, 0.1) is 10.1 Å². The molecule has 0 unspecified atom stereocenters. The molecular weight excluding hydrogens is 168 g/mol. The second kappa shape index (κ2) is 3.05. The van der Waals surface area contributed by atoms with Gasteiger partial charge in [0.1, 0.15) is 0 Å². The average molecular weight is 178 g/mol. The fourth-order valence-electron chi connectivity index (χ4n) is 1.14. The lowest BCUT2D eigenvalue weighted by Crippen LogP contribution is -2.00. The second-order valence-electron chi connectivity index (χ2n) is 3.22. The first-order valence-electron chi connectivity index (χ1n) is 4.27. The minimum absolute atomic E-state index is 0.140. The first-order valence-corrected chi connectivity index (χ1v) is 4.27. The molecule has 1 aromatic carbocycles. The number of anilines is 1. The average Bonchev–Trinajstić information content (AvgIpc) is 2.89. The van der Waals surface area contributed by atoms with Gasteiger partial charge in [0.05, 0.1) is 4.92 Å².